The van der Waals surface area contributed by atoms with Crippen molar-refractivity contribution >= 4 is 5.97 Å². The summed E-state index contributed by atoms with van der Waals surface area (Å²) in [5.41, 5.74) is 0.0620. The molecule has 1 saturated carbocycles. The van der Waals surface area contributed by atoms with Gasteiger partial charge in [0.15, 0.2) is 0 Å². The lowest BCUT2D eigenvalue weighted by Crippen LogP contribution is -2.22. The average Bonchev–Trinajstić information content (AvgIpc) is 2.86. The second-order valence-electron chi connectivity index (χ2n) is 4.87. The van der Waals surface area contributed by atoms with E-state index in [2.05, 4.69) is 17.0 Å². The molecule has 17 heavy (non-hydrogen) atoms. The lowest BCUT2D eigenvalue weighted by molar-refractivity contribution is 0.0511. The number of esters is 1. The van der Waals surface area contributed by atoms with Gasteiger partial charge in [-0.1, -0.05) is 19.8 Å². The first kappa shape index (κ1) is 12.1. The highest BCUT2D eigenvalue weighted by Gasteiger charge is 2.35. The molecular weight excluding hydrogens is 218 g/mol. The Balaban J connectivity index is 2.27. The molecule has 5 nitrogen and oxygen atoms in total. The molecular formula is C12H19N3O2. The summed E-state index contributed by atoms with van der Waals surface area (Å²) in [7, 11) is 1.84. The van der Waals surface area contributed by atoms with Gasteiger partial charge in [0, 0.05) is 12.5 Å². The predicted octanol–water partition coefficient (Wildman–Crippen LogP) is 1.82. The van der Waals surface area contributed by atoms with E-state index in [9.17, 15) is 4.79 Å². The zero-order chi connectivity index (χ0) is 12.5. The summed E-state index contributed by atoms with van der Waals surface area (Å²) < 4.78 is 6.63. The molecule has 0 bridgehead atoms. The summed E-state index contributed by atoms with van der Waals surface area (Å²) in [6.07, 6.45) is 4.67. The van der Waals surface area contributed by atoms with Crippen LogP contribution in [-0.4, -0.2) is 27.3 Å². The van der Waals surface area contributed by atoms with Gasteiger partial charge in [-0.3, -0.25) is 4.68 Å². The lowest BCUT2D eigenvalue weighted by atomic mass is 9.88. The van der Waals surface area contributed by atoms with E-state index in [1.165, 1.54) is 12.8 Å². The molecule has 1 aliphatic carbocycles. The molecule has 0 saturated heterocycles. The van der Waals surface area contributed by atoms with Crippen LogP contribution in [0, 0.1) is 0 Å². The molecule has 0 spiro atoms. The van der Waals surface area contributed by atoms with Gasteiger partial charge in [0.2, 0.25) is 0 Å². The molecule has 1 fully saturated rings. The van der Waals surface area contributed by atoms with Crippen LogP contribution in [0.3, 0.4) is 0 Å². The second-order valence-corrected chi connectivity index (χ2v) is 4.87. The van der Waals surface area contributed by atoms with E-state index < -0.39 is 5.97 Å². The van der Waals surface area contributed by atoms with Crippen molar-refractivity contribution in [2.45, 2.75) is 44.9 Å². The number of nitrogens with zero attached hydrogens (tertiary/aromatic N) is 3. The zero-order valence-electron chi connectivity index (χ0n) is 10.7. The van der Waals surface area contributed by atoms with E-state index >= 15 is 0 Å². The average molecular weight is 237 g/mol. The van der Waals surface area contributed by atoms with Crippen LogP contribution in [0.15, 0.2) is 0 Å². The Morgan fingerprint density at radius 2 is 2.12 bits per heavy atom. The number of ether oxygens (including phenoxy) is 1. The van der Waals surface area contributed by atoms with Gasteiger partial charge in [-0.15, -0.1) is 5.10 Å². The fraction of sp³-hybridized carbons (Fsp3) is 0.750. The van der Waals surface area contributed by atoms with E-state index in [1.807, 2.05) is 7.05 Å². The van der Waals surface area contributed by atoms with E-state index in [0.717, 1.165) is 18.7 Å². The maximum atomic E-state index is 11.6. The summed E-state index contributed by atoms with van der Waals surface area (Å²) in [4.78, 5) is 15.9. The first-order valence-corrected chi connectivity index (χ1v) is 6.15. The summed E-state index contributed by atoms with van der Waals surface area (Å²) >= 11 is 0. The van der Waals surface area contributed by atoms with Crippen LogP contribution in [0.4, 0.5) is 0 Å². The summed E-state index contributed by atoms with van der Waals surface area (Å²) in [6.45, 7) is 4.32. The Morgan fingerprint density at radius 1 is 1.47 bits per heavy atom. The summed E-state index contributed by atoms with van der Waals surface area (Å²) in [5.74, 6) is 0.645. The first-order valence-electron chi connectivity index (χ1n) is 6.15. The zero-order valence-corrected chi connectivity index (χ0v) is 10.7. The highest BCUT2D eigenvalue weighted by Crippen LogP contribution is 2.39. The number of carbonyl (C=O) groups is 1. The van der Waals surface area contributed by atoms with Crippen LogP contribution in [0.5, 0.6) is 0 Å². The molecule has 0 aliphatic heterocycles. The quantitative estimate of drug-likeness (QED) is 0.752. The molecule has 1 heterocycles. The van der Waals surface area contributed by atoms with Crippen molar-refractivity contribution in [1.82, 2.24) is 14.8 Å². The molecule has 2 rings (SSSR count). The fourth-order valence-electron chi connectivity index (χ4n) is 2.57. The van der Waals surface area contributed by atoms with Gasteiger partial charge < -0.3 is 4.74 Å². The first-order chi connectivity index (χ1) is 8.07. The molecule has 94 valence electrons. The Bertz CT molecular complexity index is 419. The van der Waals surface area contributed by atoms with E-state index in [0.29, 0.717) is 6.61 Å². The van der Waals surface area contributed by atoms with Gasteiger partial charge in [-0.2, -0.15) is 0 Å². The minimum atomic E-state index is -0.434. The Morgan fingerprint density at radius 3 is 2.71 bits per heavy atom. The van der Waals surface area contributed by atoms with Crippen LogP contribution < -0.4 is 0 Å². The smallest absolute Gasteiger partial charge is 0.378 e. The molecule has 0 unspecified atom stereocenters. The Hall–Kier alpha value is -1.39. The fourth-order valence-corrected chi connectivity index (χ4v) is 2.57. The standard InChI is InChI=1S/C12H19N3O2/c1-4-17-10(16)9-13-11(15(3)14-9)12(2)7-5-6-8-12/h4-8H2,1-3H3. The highest BCUT2D eigenvalue weighted by molar-refractivity contribution is 5.85. The molecule has 1 aliphatic rings. The molecule has 0 atom stereocenters. The van der Waals surface area contributed by atoms with Crippen LogP contribution in [0.1, 0.15) is 56.0 Å². The van der Waals surface area contributed by atoms with Gasteiger partial charge >= 0.3 is 5.97 Å². The maximum Gasteiger partial charge on any atom is 0.378 e. The molecule has 1 aromatic rings. The van der Waals surface area contributed by atoms with Crippen LogP contribution >= 0.6 is 0 Å². The van der Waals surface area contributed by atoms with Crippen molar-refractivity contribution in [3.05, 3.63) is 11.6 Å². The van der Waals surface area contributed by atoms with Gasteiger partial charge in [-0.05, 0) is 19.8 Å². The Labute approximate surface area is 101 Å². The molecule has 0 aromatic carbocycles. The second kappa shape index (κ2) is 4.47. The van der Waals surface area contributed by atoms with Crippen molar-refractivity contribution in [3.63, 3.8) is 0 Å². The third kappa shape index (κ3) is 2.18. The maximum absolute atomic E-state index is 11.6. The van der Waals surface area contributed by atoms with Crippen molar-refractivity contribution in [2.24, 2.45) is 7.05 Å². The number of rotatable bonds is 3. The molecule has 5 heteroatoms. The van der Waals surface area contributed by atoms with E-state index in [-0.39, 0.29) is 11.2 Å². The van der Waals surface area contributed by atoms with Crippen LogP contribution in [-0.2, 0) is 17.2 Å². The number of hydrogen-bond donors (Lipinski definition) is 0. The van der Waals surface area contributed by atoms with Crippen LogP contribution in [0.25, 0.3) is 0 Å². The minimum Gasteiger partial charge on any atom is -0.460 e. The molecule has 1 aromatic heterocycles. The van der Waals surface area contributed by atoms with E-state index in [1.54, 1.807) is 11.6 Å². The monoisotopic (exact) mass is 237 g/mol. The van der Waals surface area contributed by atoms with Gasteiger partial charge in [0.05, 0.1) is 6.61 Å². The van der Waals surface area contributed by atoms with Gasteiger partial charge in [0.1, 0.15) is 5.82 Å². The van der Waals surface area contributed by atoms with Crippen molar-refractivity contribution in [1.29, 1.82) is 0 Å². The topological polar surface area (TPSA) is 57.0 Å². The number of carbonyl (C=O) groups excluding carboxylic acids is 1. The molecule has 0 N–H and O–H groups in total. The predicted molar refractivity (Wildman–Crippen MR) is 62.8 cm³/mol. The third-order valence-corrected chi connectivity index (χ3v) is 3.47. The van der Waals surface area contributed by atoms with Crippen molar-refractivity contribution in [2.75, 3.05) is 6.61 Å². The number of aromatic nitrogens is 3. The third-order valence-electron chi connectivity index (χ3n) is 3.47. The molecule has 0 radical (unpaired) electrons. The van der Waals surface area contributed by atoms with Crippen molar-refractivity contribution in [3.8, 4) is 0 Å². The molecule has 0 amide bonds. The highest BCUT2D eigenvalue weighted by atomic mass is 16.5. The number of hydrogen-bond acceptors (Lipinski definition) is 4. The largest absolute Gasteiger partial charge is 0.460 e. The van der Waals surface area contributed by atoms with Crippen molar-refractivity contribution < 1.29 is 9.53 Å². The van der Waals surface area contributed by atoms with Crippen LogP contribution in [0.2, 0.25) is 0 Å². The van der Waals surface area contributed by atoms with Gasteiger partial charge in [-0.25, -0.2) is 9.78 Å². The van der Waals surface area contributed by atoms with E-state index in [4.69, 9.17) is 4.74 Å². The minimum absolute atomic E-state index is 0.0620. The lowest BCUT2D eigenvalue weighted by Gasteiger charge is -2.21. The Kier molecular flexibility index (Phi) is 3.17. The summed E-state index contributed by atoms with van der Waals surface area (Å²) in [6, 6.07) is 0. The number of aryl methyl sites for hydroxylation is 1. The summed E-state index contributed by atoms with van der Waals surface area (Å²) in [5, 5.41) is 4.15. The van der Waals surface area contributed by atoms with Gasteiger partial charge in [0.25, 0.3) is 5.82 Å². The normalized spacial score (nSPS) is 18.3. The SMILES string of the molecule is CCOC(=O)c1nc(C2(C)CCCC2)n(C)n1.